The van der Waals surface area contributed by atoms with E-state index in [0.717, 1.165) is 28.4 Å². The average Bonchev–Trinajstić information content (AvgIpc) is 3.38. The second-order valence-electron chi connectivity index (χ2n) is 5.97. The van der Waals surface area contributed by atoms with Crippen LogP contribution in [0.5, 0.6) is 0 Å². The van der Waals surface area contributed by atoms with E-state index in [1.807, 2.05) is 0 Å². The molecule has 0 saturated heterocycles. The molecule has 1 aromatic carbocycles. The number of anilines is 1. The van der Waals surface area contributed by atoms with Gasteiger partial charge in [-0.05, 0) is 36.8 Å². The summed E-state index contributed by atoms with van der Waals surface area (Å²) in [6, 6.07) is 4.69. The Hall–Kier alpha value is -3.40. The number of aromatic nitrogens is 2. The molecule has 2 aromatic heterocycles. The fraction of sp³-hybridized carbons (Fsp3) is 0.111. The highest BCUT2D eigenvalue weighted by molar-refractivity contribution is 7.13. The number of aliphatic hydroxyl groups is 1. The fourth-order valence-electron chi connectivity index (χ4n) is 2.99. The van der Waals surface area contributed by atoms with E-state index in [0.29, 0.717) is 5.76 Å². The van der Waals surface area contributed by atoms with Crippen LogP contribution in [-0.4, -0.2) is 27.0 Å². The lowest BCUT2D eigenvalue weighted by atomic mass is 9.95. The number of aryl methyl sites for hydroxylation is 1. The van der Waals surface area contributed by atoms with Gasteiger partial charge in [-0.25, -0.2) is 8.78 Å². The smallest absolute Gasteiger partial charge is 0.296 e. The van der Waals surface area contributed by atoms with Crippen LogP contribution in [0.4, 0.5) is 13.9 Å². The molecule has 4 rings (SSSR count). The summed E-state index contributed by atoms with van der Waals surface area (Å²) in [5.74, 6) is -4.35. The van der Waals surface area contributed by atoms with Gasteiger partial charge in [0, 0.05) is 0 Å². The molecule has 0 radical (unpaired) electrons. The van der Waals surface area contributed by atoms with E-state index < -0.39 is 35.1 Å². The Balaban J connectivity index is 1.89. The van der Waals surface area contributed by atoms with E-state index in [4.69, 9.17) is 4.42 Å². The van der Waals surface area contributed by atoms with Gasteiger partial charge in [-0.1, -0.05) is 17.4 Å². The maximum absolute atomic E-state index is 13.9. The summed E-state index contributed by atoms with van der Waals surface area (Å²) in [4.78, 5) is 26.7. The second-order valence-corrected chi connectivity index (χ2v) is 6.79. The van der Waals surface area contributed by atoms with Crippen LogP contribution < -0.4 is 4.90 Å². The molecule has 0 spiro atoms. The van der Waals surface area contributed by atoms with E-state index >= 15 is 0 Å². The van der Waals surface area contributed by atoms with Crippen molar-refractivity contribution in [3.05, 3.63) is 75.9 Å². The number of ketones is 1. The van der Waals surface area contributed by atoms with Crippen LogP contribution in [0.25, 0.3) is 0 Å². The van der Waals surface area contributed by atoms with Crippen LogP contribution in [0, 0.1) is 18.6 Å². The number of hydrogen-bond acceptors (Lipinski definition) is 7. The Kier molecular flexibility index (Phi) is 4.27. The Bertz CT molecular complexity index is 1120. The summed E-state index contributed by atoms with van der Waals surface area (Å²) < 4.78 is 32.6. The lowest BCUT2D eigenvalue weighted by molar-refractivity contribution is -0.117. The van der Waals surface area contributed by atoms with Gasteiger partial charge < -0.3 is 9.52 Å². The van der Waals surface area contributed by atoms with Gasteiger partial charge in [0.15, 0.2) is 23.2 Å². The van der Waals surface area contributed by atoms with Crippen molar-refractivity contribution < 1.29 is 27.9 Å². The summed E-state index contributed by atoms with van der Waals surface area (Å²) in [7, 11) is 0. The largest absolute Gasteiger partial charge is 0.503 e. The number of Topliss-reactive ketones (excluding diaryl/α,β-unsaturated/α-hetero) is 1. The predicted molar refractivity (Wildman–Crippen MR) is 93.9 cm³/mol. The average molecular weight is 403 g/mol. The van der Waals surface area contributed by atoms with Gasteiger partial charge in [0.1, 0.15) is 11.3 Å². The van der Waals surface area contributed by atoms with Crippen molar-refractivity contribution in [1.29, 1.82) is 0 Å². The summed E-state index contributed by atoms with van der Waals surface area (Å²) in [5.41, 5.74) is 1.12. The number of carbonyl (C=O) groups excluding carboxylic acids is 2. The first-order valence-corrected chi connectivity index (χ1v) is 8.85. The fourth-order valence-corrected chi connectivity index (χ4v) is 3.58. The van der Waals surface area contributed by atoms with E-state index in [-0.39, 0.29) is 22.0 Å². The molecule has 3 heterocycles. The van der Waals surface area contributed by atoms with Crippen LogP contribution in [-0.2, 0) is 4.79 Å². The first-order chi connectivity index (χ1) is 13.4. The summed E-state index contributed by atoms with van der Waals surface area (Å²) in [6.45, 7) is 1.63. The third kappa shape index (κ3) is 2.78. The van der Waals surface area contributed by atoms with Crippen molar-refractivity contribution in [3.63, 3.8) is 0 Å². The molecule has 142 valence electrons. The van der Waals surface area contributed by atoms with Gasteiger partial charge in [-0.3, -0.25) is 14.5 Å². The van der Waals surface area contributed by atoms with Gasteiger partial charge in [0.05, 0.1) is 11.6 Å². The number of halogens is 2. The van der Waals surface area contributed by atoms with Crippen LogP contribution in [0.1, 0.15) is 27.9 Å². The van der Waals surface area contributed by atoms with Crippen LogP contribution >= 0.6 is 11.3 Å². The molecule has 3 aromatic rings. The van der Waals surface area contributed by atoms with Crippen molar-refractivity contribution in [2.75, 3.05) is 4.90 Å². The second kappa shape index (κ2) is 6.64. The van der Waals surface area contributed by atoms with Gasteiger partial charge in [-0.2, -0.15) is 0 Å². The first kappa shape index (κ1) is 18.0. The molecular formula is C18H11F2N3O4S. The molecule has 7 nitrogen and oxygen atoms in total. The minimum atomic E-state index is -1.23. The number of nitrogens with zero attached hydrogens (tertiary/aromatic N) is 3. The highest BCUT2D eigenvalue weighted by Gasteiger charge is 2.46. The number of benzene rings is 1. The zero-order valence-corrected chi connectivity index (χ0v) is 15.0. The molecule has 1 aliphatic heterocycles. The van der Waals surface area contributed by atoms with E-state index in [1.54, 1.807) is 13.0 Å². The highest BCUT2D eigenvalue weighted by Crippen LogP contribution is 2.42. The number of amides is 1. The number of hydrogen-bond donors (Lipinski definition) is 1. The van der Waals surface area contributed by atoms with Crippen LogP contribution in [0.15, 0.2) is 51.6 Å². The molecule has 10 heteroatoms. The number of rotatable bonds is 4. The first-order valence-electron chi connectivity index (χ1n) is 7.97. The molecule has 0 fully saturated rings. The molecule has 28 heavy (non-hydrogen) atoms. The molecule has 0 aliphatic carbocycles. The zero-order valence-electron chi connectivity index (χ0n) is 14.2. The minimum Gasteiger partial charge on any atom is -0.503 e. The van der Waals surface area contributed by atoms with E-state index in [2.05, 4.69) is 10.2 Å². The quantitative estimate of drug-likeness (QED) is 0.670. The summed E-state index contributed by atoms with van der Waals surface area (Å²) in [5, 5.41) is 18.0. The lowest BCUT2D eigenvalue weighted by Crippen LogP contribution is -2.31. The molecule has 1 amide bonds. The maximum atomic E-state index is 13.9. The number of furan rings is 1. The molecule has 1 atom stereocenters. The van der Waals surface area contributed by atoms with Gasteiger partial charge in [0.2, 0.25) is 10.9 Å². The molecule has 0 saturated carbocycles. The molecular weight excluding hydrogens is 392 g/mol. The molecule has 1 unspecified atom stereocenters. The van der Waals surface area contributed by atoms with Crippen molar-refractivity contribution in [1.82, 2.24) is 10.2 Å². The zero-order chi connectivity index (χ0) is 20.0. The van der Waals surface area contributed by atoms with E-state index in [1.165, 1.54) is 17.6 Å². The van der Waals surface area contributed by atoms with Crippen LogP contribution in [0.3, 0.4) is 0 Å². The third-order valence-corrected chi connectivity index (χ3v) is 4.92. The van der Waals surface area contributed by atoms with Gasteiger partial charge in [0.25, 0.3) is 5.91 Å². The summed E-state index contributed by atoms with van der Waals surface area (Å²) in [6.07, 6.45) is 0. The topological polar surface area (TPSA) is 96.5 Å². The third-order valence-electron chi connectivity index (χ3n) is 4.23. The molecule has 1 N–H and O–H groups in total. The van der Waals surface area contributed by atoms with Gasteiger partial charge in [-0.15, -0.1) is 10.2 Å². The van der Waals surface area contributed by atoms with Gasteiger partial charge >= 0.3 is 0 Å². The van der Waals surface area contributed by atoms with Crippen molar-refractivity contribution in [2.45, 2.75) is 13.0 Å². The Morgan fingerprint density at radius 3 is 2.64 bits per heavy atom. The SMILES string of the molecule is Cc1ccc(C(=O)C2=C(O)C(=O)N(c3nncs3)C2c2ccc(F)c(F)c2)o1. The standard InChI is InChI=1S/C18H11F2N3O4S/c1-8-2-5-12(27-8)15(24)13-14(9-3-4-10(19)11(20)6-9)23(17(26)16(13)25)18-22-21-7-28-18/h2-7,14,25H,1H3. The Morgan fingerprint density at radius 2 is 2.04 bits per heavy atom. The predicted octanol–water partition coefficient (Wildman–Crippen LogP) is 3.50. The Morgan fingerprint density at radius 1 is 1.25 bits per heavy atom. The monoisotopic (exact) mass is 403 g/mol. The van der Waals surface area contributed by atoms with E-state index in [9.17, 15) is 23.5 Å². The highest BCUT2D eigenvalue weighted by atomic mass is 32.1. The molecule has 1 aliphatic rings. The lowest BCUT2D eigenvalue weighted by Gasteiger charge is -2.23. The summed E-state index contributed by atoms with van der Waals surface area (Å²) >= 11 is 0.988. The number of carbonyl (C=O) groups is 2. The minimum absolute atomic E-state index is 0.0816. The number of aliphatic hydroxyl groups excluding tert-OH is 1. The van der Waals surface area contributed by atoms with Crippen molar-refractivity contribution in [3.8, 4) is 0 Å². The molecule has 0 bridgehead atoms. The Labute approximate surface area is 160 Å². The normalized spacial score (nSPS) is 16.9. The maximum Gasteiger partial charge on any atom is 0.296 e. The van der Waals surface area contributed by atoms with Crippen molar-refractivity contribution in [2.24, 2.45) is 0 Å². The van der Waals surface area contributed by atoms with Crippen LogP contribution in [0.2, 0.25) is 0 Å². The van der Waals surface area contributed by atoms with Crippen molar-refractivity contribution >= 4 is 28.2 Å².